The quantitative estimate of drug-likeness (QED) is 0.837. The summed E-state index contributed by atoms with van der Waals surface area (Å²) in [6.07, 6.45) is 7.95. The van der Waals surface area contributed by atoms with E-state index in [1.54, 1.807) is 0 Å². The highest BCUT2D eigenvalue weighted by Gasteiger charge is 2.26. The molecule has 2 unspecified atom stereocenters. The lowest BCUT2D eigenvalue weighted by Gasteiger charge is -2.35. The second kappa shape index (κ2) is 7.23. The highest BCUT2D eigenvalue weighted by molar-refractivity contribution is 5.80. The average Bonchev–Trinajstić information content (AvgIpc) is 2.93. The van der Waals surface area contributed by atoms with Gasteiger partial charge in [-0.15, -0.1) is 0 Å². The Balaban J connectivity index is 1.89. The predicted molar refractivity (Wildman–Crippen MR) is 82.1 cm³/mol. The van der Waals surface area contributed by atoms with Crippen LogP contribution in [0.4, 0.5) is 0 Å². The van der Waals surface area contributed by atoms with Gasteiger partial charge < -0.3 is 10.6 Å². The second-order valence-electron chi connectivity index (χ2n) is 6.22. The molecule has 0 aromatic rings. The van der Waals surface area contributed by atoms with Crippen LogP contribution in [0, 0.1) is 5.92 Å². The third-order valence-corrected chi connectivity index (χ3v) is 4.63. The molecule has 0 radical (unpaired) electrons. The minimum absolute atomic E-state index is 0.229. The summed E-state index contributed by atoms with van der Waals surface area (Å²) in [6.45, 7) is 7.49. The molecule has 2 aliphatic rings. The largest absolute Gasteiger partial charge is 0.328 e. The number of hydrogen-bond donors (Lipinski definition) is 1. The van der Waals surface area contributed by atoms with E-state index in [4.69, 9.17) is 5.73 Å². The molecule has 4 nitrogen and oxygen atoms in total. The first kappa shape index (κ1) is 15.5. The molecule has 1 fully saturated rings. The van der Waals surface area contributed by atoms with Crippen LogP contribution in [-0.2, 0) is 4.79 Å². The molecule has 0 saturated carbocycles. The predicted octanol–water partition coefficient (Wildman–Crippen LogP) is 1.96. The number of piperidine rings is 1. The van der Waals surface area contributed by atoms with Crippen LogP contribution in [0.3, 0.4) is 0 Å². The van der Waals surface area contributed by atoms with Gasteiger partial charge in [0.2, 0.25) is 5.91 Å². The fourth-order valence-corrected chi connectivity index (χ4v) is 3.38. The van der Waals surface area contributed by atoms with Gasteiger partial charge in [-0.3, -0.25) is 9.69 Å². The van der Waals surface area contributed by atoms with Crippen molar-refractivity contribution < 1.29 is 4.79 Å². The molecule has 1 aliphatic carbocycles. The lowest BCUT2D eigenvalue weighted by Crippen LogP contribution is -2.47. The normalized spacial score (nSPS) is 25.4. The number of nitrogens with two attached hydrogens (primary N) is 1. The molecule has 1 heterocycles. The van der Waals surface area contributed by atoms with Gasteiger partial charge in [0.25, 0.3) is 0 Å². The van der Waals surface area contributed by atoms with E-state index < -0.39 is 0 Å². The van der Waals surface area contributed by atoms with Crippen LogP contribution in [0.1, 0.15) is 46.0 Å². The summed E-state index contributed by atoms with van der Waals surface area (Å²) in [5, 5.41) is 0. The van der Waals surface area contributed by atoms with E-state index in [2.05, 4.69) is 24.8 Å². The van der Waals surface area contributed by atoms with E-state index in [-0.39, 0.29) is 11.9 Å². The molecule has 1 amide bonds. The smallest absolute Gasteiger partial charge is 0.240 e. The van der Waals surface area contributed by atoms with Crippen molar-refractivity contribution in [2.75, 3.05) is 26.2 Å². The highest BCUT2D eigenvalue weighted by atomic mass is 16.2. The van der Waals surface area contributed by atoms with E-state index in [1.165, 1.54) is 18.5 Å². The molecule has 0 aromatic carbocycles. The number of allylic oxidation sites excluding steroid dienone is 2. The summed E-state index contributed by atoms with van der Waals surface area (Å²) < 4.78 is 0. The molecule has 114 valence electrons. The van der Waals surface area contributed by atoms with Gasteiger partial charge in [-0.1, -0.05) is 6.08 Å². The molecule has 2 N–H and O–H groups in total. The highest BCUT2D eigenvalue weighted by Crippen LogP contribution is 2.23. The monoisotopic (exact) mass is 279 g/mol. The van der Waals surface area contributed by atoms with Crippen LogP contribution in [0.5, 0.6) is 0 Å². The van der Waals surface area contributed by atoms with Crippen molar-refractivity contribution >= 4 is 5.91 Å². The van der Waals surface area contributed by atoms with Crippen LogP contribution in [-0.4, -0.2) is 47.9 Å². The molecule has 1 aliphatic heterocycles. The third kappa shape index (κ3) is 3.83. The lowest BCUT2D eigenvalue weighted by atomic mass is 9.92. The number of likely N-dealkylation sites (tertiary alicyclic amines) is 1. The summed E-state index contributed by atoms with van der Waals surface area (Å²) in [7, 11) is 0. The zero-order chi connectivity index (χ0) is 14.5. The van der Waals surface area contributed by atoms with Gasteiger partial charge in [-0.05, 0) is 58.4 Å². The van der Waals surface area contributed by atoms with Gasteiger partial charge in [-0.25, -0.2) is 0 Å². The Morgan fingerprint density at radius 2 is 2.35 bits per heavy atom. The van der Waals surface area contributed by atoms with Gasteiger partial charge >= 0.3 is 0 Å². The first-order chi connectivity index (χ1) is 9.61. The Morgan fingerprint density at radius 1 is 1.55 bits per heavy atom. The standard InChI is InChI=1S/C16H29N3O/c1-3-19(15-8-4-5-9-15)16(20)12-18-10-6-7-14(11-18)13(2)17/h8,13-14H,3-7,9-12,17H2,1-2H3. The van der Waals surface area contributed by atoms with Crippen molar-refractivity contribution in [2.24, 2.45) is 11.7 Å². The fourth-order valence-electron chi connectivity index (χ4n) is 3.38. The number of amides is 1. The molecule has 2 atom stereocenters. The van der Waals surface area contributed by atoms with Crippen molar-refractivity contribution in [1.82, 2.24) is 9.80 Å². The Bertz CT molecular complexity index is 365. The fraction of sp³-hybridized carbons (Fsp3) is 0.812. The van der Waals surface area contributed by atoms with Crippen molar-refractivity contribution in [3.8, 4) is 0 Å². The number of carbonyl (C=O) groups excluding carboxylic acids is 1. The number of hydrogen-bond acceptors (Lipinski definition) is 3. The topological polar surface area (TPSA) is 49.6 Å². The lowest BCUT2D eigenvalue weighted by molar-refractivity contribution is -0.130. The van der Waals surface area contributed by atoms with Crippen molar-refractivity contribution in [3.63, 3.8) is 0 Å². The minimum Gasteiger partial charge on any atom is -0.328 e. The van der Waals surface area contributed by atoms with Gasteiger partial charge in [0.05, 0.1) is 6.54 Å². The zero-order valence-electron chi connectivity index (χ0n) is 13.0. The summed E-state index contributed by atoms with van der Waals surface area (Å²) in [5.41, 5.74) is 7.25. The first-order valence-corrected chi connectivity index (χ1v) is 8.09. The third-order valence-electron chi connectivity index (χ3n) is 4.63. The molecule has 0 aromatic heterocycles. The van der Waals surface area contributed by atoms with E-state index in [1.807, 2.05) is 4.90 Å². The number of nitrogens with zero attached hydrogens (tertiary/aromatic N) is 2. The maximum atomic E-state index is 12.5. The van der Waals surface area contributed by atoms with E-state index in [0.717, 1.165) is 38.9 Å². The van der Waals surface area contributed by atoms with E-state index in [0.29, 0.717) is 12.5 Å². The molecule has 4 heteroatoms. The van der Waals surface area contributed by atoms with Crippen LogP contribution < -0.4 is 5.73 Å². The summed E-state index contributed by atoms with van der Waals surface area (Å²) in [4.78, 5) is 16.8. The molecular formula is C16H29N3O. The van der Waals surface area contributed by atoms with Gasteiger partial charge in [0.15, 0.2) is 0 Å². The first-order valence-electron chi connectivity index (χ1n) is 8.09. The van der Waals surface area contributed by atoms with Crippen LogP contribution in [0.25, 0.3) is 0 Å². The van der Waals surface area contributed by atoms with Crippen LogP contribution in [0.2, 0.25) is 0 Å². The molecule has 1 saturated heterocycles. The Morgan fingerprint density at radius 3 is 2.95 bits per heavy atom. The minimum atomic E-state index is 0.229. The van der Waals surface area contributed by atoms with Crippen molar-refractivity contribution in [2.45, 2.75) is 52.0 Å². The molecule has 2 rings (SSSR count). The summed E-state index contributed by atoms with van der Waals surface area (Å²) in [5.74, 6) is 0.795. The number of likely N-dealkylation sites (N-methyl/N-ethyl adjacent to an activating group) is 1. The molecule has 0 spiro atoms. The van der Waals surface area contributed by atoms with E-state index in [9.17, 15) is 4.79 Å². The maximum Gasteiger partial charge on any atom is 0.240 e. The second-order valence-corrected chi connectivity index (χ2v) is 6.22. The summed E-state index contributed by atoms with van der Waals surface area (Å²) in [6, 6.07) is 0.229. The zero-order valence-corrected chi connectivity index (χ0v) is 13.0. The van der Waals surface area contributed by atoms with Gasteiger partial charge in [0.1, 0.15) is 0 Å². The van der Waals surface area contributed by atoms with Crippen LogP contribution >= 0.6 is 0 Å². The average molecular weight is 279 g/mol. The Kier molecular flexibility index (Phi) is 5.61. The Labute approximate surface area is 123 Å². The van der Waals surface area contributed by atoms with Crippen molar-refractivity contribution in [1.29, 1.82) is 0 Å². The molecule has 20 heavy (non-hydrogen) atoms. The van der Waals surface area contributed by atoms with E-state index >= 15 is 0 Å². The van der Waals surface area contributed by atoms with Crippen molar-refractivity contribution in [3.05, 3.63) is 11.8 Å². The molecule has 0 bridgehead atoms. The van der Waals surface area contributed by atoms with Crippen LogP contribution in [0.15, 0.2) is 11.8 Å². The maximum absolute atomic E-state index is 12.5. The SMILES string of the molecule is CCN(C(=O)CN1CCCC(C(C)N)C1)C1=CCCC1. The number of carbonyl (C=O) groups is 1. The summed E-state index contributed by atoms with van der Waals surface area (Å²) >= 11 is 0. The Hall–Kier alpha value is -0.870. The van der Waals surface area contributed by atoms with Gasteiger partial charge in [0, 0.05) is 24.8 Å². The number of rotatable bonds is 5. The van der Waals surface area contributed by atoms with Gasteiger partial charge in [-0.2, -0.15) is 0 Å². The molecular weight excluding hydrogens is 250 g/mol.